The quantitative estimate of drug-likeness (QED) is 0.476. The summed E-state index contributed by atoms with van der Waals surface area (Å²) in [6.07, 6.45) is 1.52. The third-order valence-corrected chi connectivity index (χ3v) is 4.74. The number of halogens is 2. The topological polar surface area (TPSA) is 70.2 Å². The van der Waals surface area contributed by atoms with Crippen LogP contribution in [0.15, 0.2) is 58.1 Å². The van der Waals surface area contributed by atoms with Gasteiger partial charge in [0, 0.05) is 27.1 Å². The van der Waals surface area contributed by atoms with E-state index in [1.54, 1.807) is 0 Å². The molecule has 0 unspecified atom stereocenters. The Morgan fingerprint density at radius 2 is 2.04 bits per heavy atom. The van der Waals surface area contributed by atoms with E-state index in [0.717, 1.165) is 33.2 Å². The van der Waals surface area contributed by atoms with Crippen molar-refractivity contribution < 1.29 is 9.18 Å². The summed E-state index contributed by atoms with van der Waals surface area (Å²) in [6.45, 7) is 3.94. The SMILES string of the molecule is Cc1cc(/C=N\NC(=O)c2ccc(C#N)cc2F)c(C)n1-c1cccc(Br)c1. The van der Waals surface area contributed by atoms with E-state index in [0.29, 0.717) is 0 Å². The minimum atomic E-state index is -0.764. The molecule has 5 nitrogen and oxygen atoms in total. The zero-order valence-electron chi connectivity index (χ0n) is 15.2. The minimum absolute atomic E-state index is 0.150. The lowest BCUT2D eigenvalue weighted by Gasteiger charge is -2.09. The van der Waals surface area contributed by atoms with Crippen LogP contribution in [0.3, 0.4) is 0 Å². The highest BCUT2D eigenvalue weighted by molar-refractivity contribution is 9.10. The number of aryl methyl sites for hydroxylation is 1. The maximum absolute atomic E-state index is 13.9. The second kappa shape index (κ2) is 8.19. The predicted molar refractivity (Wildman–Crippen MR) is 109 cm³/mol. The molecule has 1 aromatic heterocycles. The van der Waals surface area contributed by atoms with E-state index in [-0.39, 0.29) is 11.1 Å². The summed E-state index contributed by atoms with van der Waals surface area (Å²) in [5.41, 5.74) is 6.11. The molecule has 7 heteroatoms. The highest BCUT2D eigenvalue weighted by atomic mass is 79.9. The number of nitrogens with zero attached hydrogens (tertiary/aromatic N) is 3. The molecular weight excluding hydrogens is 423 g/mol. The summed E-state index contributed by atoms with van der Waals surface area (Å²) in [7, 11) is 0. The van der Waals surface area contributed by atoms with Crippen LogP contribution in [-0.4, -0.2) is 16.7 Å². The molecule has 0 aliphatic rings. The van der Waals surface area contributed by atoms with Crippen molar-refractivity contribution in [3.05, 3.63) is 86.9 Å². The fourth-order valence-corrected chi connectivity index (χ4v) is 3.31. The molecule has 3 rings (SSSR count). The third kappa shape index (κ3) is 4.02. The first kappa shape index (κ1) is 19.5. The Bertz CT molecular complexity index is 1130. The Balaban J connectivity index is 1.79. The number of amides is 1. The molecule has 140 valence electrons. The van der Waals surface area contributed by atoms with E-state index in [1.165, 1.54) is 18.3 Å². The van der Waals surface area contributed by atoms with Crippen LogP contribution in [0.1, 0.15) is 32.9 Å². The van der Waals surface area contributed by atoms with Crippen molar-refractivity contribution >= 4 is 28.1 Å². The van der Waals surface area contributed by atoms with Crippen molar-refractivity contribution in [1.29, 1.82) is 5.26 Å². The van der Waals surface area contributed by atoms with Gasteiger partial charge in [-0.05, 0) is 56.3 Å². The molecule has 0 saturated carbocycles. The number of hydrazone groups is 1. The van der Waals surface area contributed by atoms with Gasteiger partial charge in [0.25, 0.3) is 5.91 Å². The van der Waals surface area contributed by atoms with Gasteiger partial charge in [0.2, 0.25) is 0 Å². The molecule has 0 spiro atoms. The summed E-state index contributed by atoms with van der Waals surface area (Å²) in [6, 6.07) is 15.4. The van der Waals surface area contributed by atoms with Gasteiger partial charge < -0.3 is 4.57 Å². The summed E-state index contributed by atoms with van der Waals surface area (Å²) >= 11 is 3.47. The fourth-order valence-electron chi connectivity index (χ4n) is 2.92. The van der Waals surface area contributed by atoms with E-state index in [2.05, 4.69) is 31.0 Å². The van der Waals surface area contributed by atoms with Gasteiger partial charge in [0.15, 0.2) is 0 Å². The van der Waals surface area contributed by atoms with Crippen LogP contribution in [-0.2, 0) is 0 Å². The Labute approximate surface area is 170 Å². The molecule has 1 amide bonds. The number of carbonyl (C=O) groups excluding carboxylic acids is 1. The smallest absolute Gasteiger partial charge is 0.274 e. The van der Waals surface area contributed by atoms with Crippen LogP contribution in [0, 0.1) is 31.0 Å². The standard InChI is InChI=1S/C21H16BrFN4O/c1-13-8-16(14(2)27(13)18-5-3-4-17(22)10-18)12-25-26-21(28)19-7-6-15(11-24)9-20(19)23/h3-10,12H,1-2H3,(H,26,28)/b25-12-. The molecule has 0 fully saturated rings. The van der Waals surface area contributed by atoms with Crippen LogP contribution < -0.4 is 5.43 Å². The molecule has 0 bridgehead atoms. The molecule has 0 saturated heterocycles. The Morgan fingerprint density at radius 1 is 1.25 bits per heavy atom. The summed E-state index contributed by atoms with van der Waals surface area (Å²) in [4.78, 5) is 12.1. The monoisotopic (exact) mass is 438 g/mol. The molecule has 2 aromatic carbocycles. The van der Waals surface area contributed by atoms with Crippen molar-refractivity contribution in [3.8, 4) is 11.8 Å². The molecule has 0 atom stereocenters. The lowest BCUT2D eigenvalue weighted by Crippen LogP contribution is -2.19. The number of carbonyl (C=O) groups is 1. The molecule has 0 radical (unpaired) electrons. The molecule has 28 heavy (non-hydrogen) atoms. The lowest BCUT2D eigenvalue weighted by molar-refractivity contribution is 0.0951. The summed E-state index contributed by atoms with van der Waals surface area (Å²) in [5, 5.41) is 12.7. The maximum Gasteiger partial charge on any atom is 0.274 e. The largest absolute Gasteiger partial charge is 0.318 e. The first-order chi connectivity index (χ1) is 13.4. The van der Waals surface area contributed by atoms with Crippen LogP contribution >= 0.6 is 15.9 Å². The second-order valence-electron chi connectivity index (χ2n) is 6.15. The Hall–Kier alpha value is -3.24. The molecule has 3 aromatic rings. The zero-order valence-corrected chi connectivity index (χ0v) is 16.8. The van der Waals surface area contributed by atoms with Crippen LogP contribution in [0.25, 0.3) is 5.69 Å². The van der Waals surface area contributed by atoms with Gasteiger partial charge in [-0.15, -0.1) is 0 Å². The molecule has 0 aliphatic heterocycles. The van der Waals surface area contributed by atoms with Crippen LogP contribution in [0.4, 0.5) is 4.39 Å². The number of hydrogen-bond acceptors (Lipinski definition) is 3. The van der Waals surface area contributed by atoms with E-state index < -0.39 is 11.7 Å². The Morgan fingerprint density at radius 3 is 2.71 bits per heavy atom. The minimum Gasteiger partial charge on any atom is -0.318 e. The van der Waals surface area contributed by atoms with Gasteiger partial charge in [-0.25, -0.2) is 9.82 Å². The summed E-state index contributed by atoms with van der Waals surface area (Å²) < 4.78 is 17.0. The number of aromatic nitrogens is 1. The maximum atomic E-state index is 13.9. The predicted octanol–water partition coefficient (Wildman–Crippen LogP) is 4.63. The average molecular weight is 439 g/mol. The Kier molecular flexibility index (Phi) is 5.71. The molecule has 1 N–H and O–H groups in total. The number of benzene rings is 2. The van der Waals surface area contributed by atoms with Gasteiger partial charge in [-0.1, -0.05) is 22.0 Å². The van der Waals surface area contributed by atoms with Crippen LogP contribution in [0.2, 0.25) is 0 Å². The van der Waals surface area contributed by atoms with E-state index in [9.17, 15) is 9.18 Å². The van der Waals surface area contributed by atoms with E-state index in [4.69, 9.17) is 5.26 Å². The molecule has 0 aliphatic carbocycles. The first-order valence-electron chi connectivity index (χ1n) is 8.38. The van der Waals surface area contributed by atoms with Crippen molar-refractivity contribution in [1.82, 2.24) is 9.99 Å². The number of hydrogen-bond donors (Lipinski definition) is 1. The third-order valence-electron chi connectivity index (χ3n) is 4.25. The van der Waals surface area contributed by atoms with E-state index >= 15 is 0 Å². The zero-order chi connectivity index (χ0) is 20.3. The second-order valence-corrected chi connectivity index (χ2v) is 7.06. The first-order valence-corrected chi connectivity index (χ1v) is 9.18. The van der Waals surface area contributed by atoms with Crippen molar-refractivity contribution in [2.75, 3.05) is 0 Å². The highest BCUT2D eigenvalue weighted by Crippen LogP contribution is 2.22. The van der Waals surface area contributed by atoms with Gasteiger partial charge in [0.05, 0.1) is 23.4 Å². The van der Waals surface area contributed by atoms with Crippen LogP contribution in [0.5, 0.6) is 0 Å². The van der Waals surface area contributed by atoms with Gasteiger partial charge in [-0.3, -0.25) is 4.79 Å². The normalized spacial score (nSPS) is 10.8. The van der Waals surface area contributed by atoms with Gasteiger partial charge in [0.1, 0.15) is 5.82 Å². The molecule has 1 heterocycles. The highest BCUT2D eigenvalue weighted by Gasteiger charge is 2.12. The van der Waals surface area contributed by atoms with Gasteiger partial charge in [-0.2, -0.15) is 10.4 Å². The van der Waals surface area contributed by atoms with Gasteiger partial charge >= 0.3 is 0 Å². The lowest BCUT2D eigenvalue weighted by atomic mass is 10.1. The molecular formula is C21H16BrFN4O. The fraction of sp³-hybridized carbons (Fsp3) is 0.0952. The summed E-state index contributed by atoms with van der Waals surface area (Å²) in [5.74, 6) is -1.45. The number of nitrogens with one attached hydrogen (secondary N) is 1. The van der Waals surface area contributed by atoms with Crippen molar-refractivity contribution in [2.24, 2.45) is 5.10 Å². The van der Waals surface area contributed by atoms with E-state index in [1.807, 2.05) is 50.2 Å². The number of nitriles is 1. The van der Waals surface area contributed by atoms with Crippen molar-refractivity contribution in [3.63, 3.8) is 0 Å². The van der Waals surface area contributed by atoms with Crippen molar-refractivity contribution in [2.45, 2.75) is 13.8 Å². The average Bonchev–Trinajstić information content (AvgIpc) is 2.94. The number of rotatable bonds is 4.